The molecule has 1 heterocycles. The first kappa shape index (κ1) is 13.4. The number of nitrogens with zero attached hydrogens (tertiary/aromatic N) is 1. The van der Waals surface area contributed by atoms with Gasteiger partial charge in [0.25, 0.3) is 0 Å². The quantitative estimate of drug-likeness (QED) is 0.833. The summed E-state index contributed by atoms with van der Waals surface area (Å²) in [5.74, 6) is 1.76. The average Bonchev–Trinajstić information content (AvgIpc) is 2.33. The minimum Gasteiger partial charge on any atom is -0.207 e. The summed E-state index contributed by atoms with van der Waals surface area (Å²) >= 11 is 5.13. The van der Waals surface area contributed by atoms with E-state index in [2.05, 4.69) is 15.9 Å². The summed E-state index contributed by atoms with van der Waals surface area (Å²) in [7, 11) is -3.33. The molecule has 1 aromatic carbocycles. The third kappa shape index (κ3) is 2.86. The highest BCUT2D eigenvalue weighted by Gasteiger charge is 2.27. The van der Waals surface area contributed by atoms with Gasteiger partial charge in [0.1, 0.15) is 0 Å². The Morgan fingerprint density at radius 3 is 2.59 bits per heavy atom. The number of hydrogen-bond acceptors (Lipinski definition) is 3. The molecule has 2 rings (SSSR count). The normalized spacial score (nSPS) is 18.2. The number of sulfonamides is 1. The van der Waals surface area contributed by atoms with Gasteiger partial charge in [-0.2, -0.15) is 16.1 Å². The molecule has 6 heteroatoms. The molecule has 1 saturated heterocycles. The number of rotatable bonds is 2. The lowest BCUT2D eigenvalue weighted by molar-refractivity contribution is 0.443. The van der Waals surface area contributed by atoms with Crippen LogP contribution in [-0.2, 0) is 10.0 Å². The zero-order valence-corrected chi connectivity index (χ0v) is 12.7. The second-order valence-corrected chi connectivity index (χ2v) is 7.97. The summed E-state index contributed by atoms with van der Waals surface area (Å²) in [4.78, 5) is 0.416. The second kappa shape index (κ2) is 5.30. The van der Waals surface area contributed by atoms with E-state index in [1.165, 1.54) is 0 Å². The topological polar surface area (TPSA) is 37.4 Å². The second-order valence-electron chi connectivity index (χ2n) is 3.93. The van der Waals surface area contributed by atoms with Gasteiger partial charge in [0.2, 0.25) is 10.0 Å². The van der Waals surface area contributed by atoms with Crippen LogP contribution in [0.5, 0.6) is 0 Å². The Hall–Kier alpha value is -0.0400. The van der Waals surface area contributed by atoms with Gasteiger partial charge < -0.3 is 0 Å². The molecule has 0 amide bonds. The molecule has 1 aliphatic heterocycles. The summed E-state index contributed by atoms with van der Waals surface area (Å²) in [6.45, 7) is 3.05. The van der Waals surface area contributed by atoms with Gasteiger partial charge in [-0.25, -0.2) is 8.42 Å². The van der Waals surface area contributed by atoms with E-state index in [0.29, 0.717) is 18.0 Å². The maximum atomic E-state index is 12.5. The van der Waals surface area contributed by atoms with Crippen molar-refractivity contribution in [3.8, 4) is 0 Å². The molecule has 0 unspecified atom stereocenters. The Kier molecular flexibility index (Phi) is 4.18. The number of aryl methyl sites for hydroxylation is 1. The average molecular weight is 336 g/mol. The van der Waals surface area contributed by atoms with Crippen molar-refractivity contribution in [1.82, 2.24) is 4.31 Å². The Morgan fingerprint density at radius 1 is 1.29 bits per heavy atom. The van der Waals surface area contributed by atoms with Gasteiger partial charge in [-0.15, -0.1) is 0 Å². The van der Waals surface area contributed by atoms with Crippen LogP contribution < -0.4 is 0 Å². The predicted molar refractivity (Wildman–Crippen MR) is 75.0 cm³/mol. The van der Waals surface area contributed by atoms with Gasteiger partial charge in [-0.05, 0) is 24.6 Å². The van der Waals surface area contributed by atoms with E-state index in [-0.39, 0.29) is 0 Å². The summed E-state index contributed by atoms with van der Waals surface area (Å²) in [6.07, 6.45) is 0. The zero-order valence-electron chi connectivity index (χ0n) is 9.52. The molecule has 3 nitrogen and oxygen atoms in total. The highest BCUT2D eigenvalue weighted by molar-refractivity contribution is 9.10. The number of thioether (sulfide) groups is 1. The number of halogens is 1. The first-order valence-corrected chi connectivity index (χ1v) is 8.74. The van der Waals surface area contributed by atoms with Crippen LogP contribution in [0, 0.1) is 6.92 Å². The molecule has 0 radical (unpaired) electrons. The molecule has 0 aliphatic carbocycles. The van der Waals surface area contributed by atoms with Crippen molar-refractivity contribution >= 4 is 37.7 Å². The van der Waals surface area contributed by atoms with Crippen molar-refractivity contribution in [3.05, 3.63) is 28.2 Å². The lowest BCUT2D eigenvalue weighted by Gasteiger charge is -2.26. The van der Waals surface area contributed by atoms with E-state index < -0.39 is 10.0 Å². The zero-order chi connectivity index (χ0) is 12.5. The molecule has 0 saturated carbocycles. The highest BCUT2D eigenvalue weighted by Crippen LogP contribution is 2.25. The minimum atomic E-state index is -3.33. The summed E-state index contributed by atoms with van der Waals surface area (Å²) in [5, 5.41) is 0. The Labute approximate surface area is 115 Å². The van der Waals surface area contributed by atoms with Gasteiger partial charge >= 0.3 is 0 Å². The molecule has 0 bridgehead atoms. The molecular weight excluding hydrogens is 322 g/mol. The van der Waals surface area contributed by atoms with Crippen LogP contribution in [0.2, 0.25) is 0 Å². The Bertz CT molecular complexity index is 510. The Morgan fingerprint density at radius 2 is 1.94 bits per heavy atom. The Balaban J connectivity index is 2.40. The summed E-state index contributed by atoms with van der Waals surface area (Å²) < 4.78 is 27.3. The van der Waals surface area contributed by atoms with Crippen molar-refractivity contribution in [1.29, 1.82) is 0 Å². The third-order valence-corrected chi connectivity index (χ3v) is 6.21. The molecule has 0 aromatic heterocycles. The summed E-state index contributed by atoms with van der Waals surface area (Å²) in [5.41, 5.74) is 0.798. The number of hydrogen-bond donors (Lipinski definition) is 0. The maximum Gasteiger partial charge on any atom is 0.243 e. The first-order chi connectivity index (χ1) is 8.01. The minimum absolute atomic E-state index is 0.416. The van der Waals surface area contributed by atoms with Gasteiger partial charge in [0, 0.05) is 29.1 Å². The van der Waals surface area contributed by atoms with Gasteiger partial charge in [-0.3, -0.25) is 0 Å². The van der Waals surface area contributed by atoms with E-state index in [4.69, 9.17) is 0 Å². The van der Waals surface area contributed by atoms with Gasteiger partial charge in [0.15, 0.2) is 0 Å². The van der Waals surface area contributed by atoms with Crippen LogP contribution >= 0.6 is 27.7 Å². The molecule has 0 spiro atoms. The standard InChI is InChI=1S/C11H14BrNO2S2/c1-9-2-3-10(12)8-11(9)17(14,15)13-4-6-16-7-5-13/h2-3,8H,4-7H2,1H3. The van der Waals surface area contributed by atoms with Gasteiger partial charge in [-0.1, -0.05) is 22.0 Å². The van der Waals surface area contributed by atoms with Crippen LogP contribution in [0.25, 0.3) is 0 Å². The van der Waals surface area contributed by atoms with Crippen molar-refractivity contribution in [2.45, 2.75) is 11.8 Å². The monoisotopic (exact) mass is 335 g/mol. The summed E-state index contributed by atoms with van der Waals surface area (Å²) in [6, 6.07) is 5.38. The lowest BCUT2D eigenvalue weighted by atomic mass is 10.2. The third-order valence-electron chi connectivity index (χ3n) is 2.74. The molecule has 17 heavy (non-hydrogen) atoms. The fourth-order valence-electron chi connectivity index (χ4n) is 1.78. The number of benzene rings is 1. The SMILES string of the molecule is Cc1ccc(Br)cc1S(=O)(=O)N1CCSCC1. The predicted octanol–water partition coefficient (Wildman–Crippen LogP) is 2.50. The molecule has 0 N–H and O–H groups in total. The largest absolute Gasteiger partial charge is 0.243 e. The molecule has 1 aromatic rings. The maximum absolute atomic E-state index is 12.5. The van der Waals surface area contributed by atoms with Crippen LogP contribution in [-0.4, -0.2) is 37.3 Å². The van der Waals surface area contributed by atoms with Crippen molar-refractivity contribution < 1.29 is 8.42 Å². The highest BCUT2D eigenvalue weighted by atomic mass is 79.9. The molecule has 0 atom stereocenters. The molecule has 1 fully saturated rings. The van der Waals surface area contributed by atoms with Crippen LogP contribution in [0.4, 0.5) is 0 Å². The fraction of sp³-hybridized carbons (Fsp3) is 0.455. The van der Waals surface area contributed by atoms with Crippen LogP contribution in [0.15, 0.2) is 27.6 Å². The van der Waals surface area contributed by atoms with Gasteiger partial charge in [0.05, 0.1) is 4.90 Å². The molecule has 94 valence electrons. The van der Waals surface area contributed by atoms with E-state index >= 15 is 0 Å². The first-order valence-electron chi connectivity index (χ1n) is 5.36. The van der Waals surface area contributed by atoms with E-state index in [1.807, 2.05) is 19.1 Å². The van der Waals surface area contributed by atoms with Crippen molar-refractivity contribution in [3.63, 3.8) is 0 Å². The molecule has 1 aliphatic rings. The van der Waals surface area contributed by atoms with Crippen molar-refractivity contribution in [2.75, 3.05) is 24.6 Å². The lowest BCUT2D eigenvalue weighted by Crippen LogP contribution is -2.38. The smallest absolute Gasteiger partial charge is 0.207 e. The van der Waals surface area contributed by atoms with E-state index in [9.17, 15) is 8.42 Å². The van der Waals surface area contributed by atoms with Crippen LogP contribution in [0.3, 0.4) is 0 Å². The van der Waals surface area contributed by atoms with E-state index in [1.54, 1.807) is 22.1 Å². The molecular formula is C11H14BrNO2S2. The van der Waals surface area contributed by atoms with Crippen LogP contribution in [0.1, 0.15) is 5.56 Å². The van der Waals surface area contributed by atoms with E-state index in [0.717, 1.165) is 21.5 Å². The fourth-order valence-corrected chi connectivity index (χ4v) is 5.12. The van der Waals surface area contributed by atoms with Crippen molar-refractivity contribution in [2.24, 2.45) is 0 Å².